The van der Waals surface area contributed by atoms with Gasteiger partial charge in [0, 0.05) is 5.02 Å². The highest BCUT2D eigenvalue weighted by Crippen LogP contribution is 2.54. The first kappa shape index (κ1) is 9.00. The fourth-order valence-corrected chi connectivity index (χ4v) is 2.69. The average Bonchev–Trinajstić information content (AvgIpc) is 2.70. The zero-order valence-corrected chi connectivity index (χ0v) is 8.91. The maximum absolute atomic E-state index is 7.00. The molecule has 0 unspecified atom stereocenters. The monoisotopic (exact) mass is 215 g/mol. The van der Waals surface area contributed by atoms with Crippen LogP contribution in [-0.2, 0) is 0 Å². The van der Waals surface area contributed by atoms with Gasteiger partial charge in [-0.3, -0.25) is 0 Å². The molecular weight excluding hydrogens is 206 g/mol. The number of benzene rings is 1. The van der Waals surface area contributed by atoms with E-state index in [2.05, 4.69) is 17.0 Å². The molecular formula is C13H10ClN. The first-order chi connectivity index (χ1) is 7.29. The van der Waals surface area contributed by atoms with Crippen molar-refractivity contribution in [1.29, 1.82) is 0 Å². The fourth-order valence-electron chi connectivity index (χ4n) is 2.50. The Bertz CT molecular complexity index is 484. The van der Waals surface area contributed by atoms with Crippen LogP contribution >= 0.6 is 11.6 Å². The number of rotatable bonds is 1. The second-order valence-electron chi connectivity index (χ2n) is 4.27. The molecule has 2 aliphatic rings. The Kier molecular flexibility index (Phi) is 1.87. The van der Waals surface area contributed by atoms with Crippen molar-refractivity contribution >= 4 is 17.2 Å². The highest BCUT2D eigenvalue weighted by atomic mass is 35.5. The molecule has 0 spiro atoms. The smallest absolute Gasteiger partial charge is 0.234 e. The quantitative estimate of drug-likeness (QED) is 0.630. The SMILES string of the molecule is [C-]#[N+][C@@H]1[C@H]2C=C(c3cccc(Cl)c3)C[C@H]21. The Balaban J connectivity index is 1.87. The van der Waals surface area contributed by atoms with Crippen molar-refractivity contribution in [2.75, 3.05) is 0 Å². The minimum atomic E-state index is 0.271. The van der Waals surface area contributed by atoms with Crippen LogP contribution in [0.3, 0.4) is 0 Å². The number of hydrogen-bond donors (Lipinski definition) is 0. The molecule has 0 radical (unpaired) electrons. The van der Waals surface area contributed by atoms with Crippen molar-refractivity contribution in [1.82, 2.24) is 0 Å². The first-order valence-electron chi connectivity index (χ1n) is 5.13. The molecule has 0 heterocycles. The van der Waals surface area contributed by atoms with Crippen molar-refractivity contribution in [2.45, 2.75) is 12.5 Å². The van der Waals surface area contributed by atoms with E-state index in [0.29, 0.717) is 11.8 Å². The molecule has 3 atom stereocenters. The van der Waals surface area contributed by atoms with Crippen LogP contribution in [0.2, 0.25) is 5.02 Å². The molecule has 0 aromatic heterocycles. The summed E-state index contributed by atoms with van der Waals surface area (Å²) in [4.78, 5) is 3.61. The van der Waals surface area contributed by atoms with Crippen molar-refractivity contribution in [2.24, 2.45) is 11.8 Å². The predicted molar refractivity (Wildman–Crippen MR) is 61.4 cm³/mol. The van der Waals surface area contributed by atoms with Gasteiger partial charge in [0.25, 0.3) is 0 Å². The third-order valence-corrected chi connectivity index (χ3v) is 3.62. The van der Waals surface area contributed by atoms with Crippen LogP contribution in [0.25, 0.3) is 10.4 Å². The minimum absolute atomic E-state index is 0.271. The summed E-state index contributed by atoms with van der Waals surface area (Å²) in [6.07, 6.45) is 3.32. The zero-order chi connectivity index (χ0) is 10.4. The van der Waals surface area contributed by atoms with Gasteiger partial charge in [0.05, 0.1) is 11.8 Å². The summed E-state index contributed by atoms with van der Waals surface area (Å²) in [5.41, 5.74) is 2.59. The molecule has 0 aliphatic heterocycles. The van der Waals surface area contributed by atoms with Gasteiger partial charge in [-0.15, -0.1) is 0 Å². The van der Waals surface area contributed by atoms with E-state index in [0.717, 1.165) is 11.4 Å². The van der Waals surface area contributed by atoms with Crippen molar-refractivity contribution in [3.8, 4) is 0 Å². The molecule has 15 heavy (non-hydrogen) atoms. The van der Waals surface area contributed by atoms with Gasteiger partial charge in [-0.1, -0.05) is 29.8 Å². The Morgan fingerprint density at radius 1 is 1.40 bits per heavy atom. The molecule has 1 nitrogen and oxygen atoms in total. The average molecular weight is 216 g/mol. The van der Waals surface area contributed by atoms with E-state index in [9.17, 15) is 0 Å². The lowest BCUT2D eigenvalue weighted by Gasteiger charge is -2.04. The lowest BCUT2D eigenvalue weighted by atomic mass is 10.0. The van der Waals surface area contributed by atoms with Gasteiger partial charge in [-0.2, -0.15) is 0 Å². The van der Waals surface area contributed by atoms with Crippen LogP contribution in [-0.4, -0.2) is 6.04 Å². The summed E-state index contributed by atoms with van der Waals surface area (Å²) in [6.45, 7) is 7.00. The third kappa shape index (κ3) is 1.37. The second kappa shape index (κ2) is 3.12. The van der Waals surface area contributed by atoms with E-state index in [1.807, 2.05) is 18.2 Å². The van der Waals surface area contributed by atoms with E-state index >= 15 is 0 Å². The molecule has 1 fully saturated rings. The van der Waals surface area contributed by atoms with Gasteiger partial charge in [0.15, 0.2) is 0 Å². The van der Waals surface area contributed by atoms with Gasteiger partial charge in [-0.25, -0.2) is 6.57 Å². The van der Waals surface area contributed by atoms with E-state index in [1.54, 1.807) is 0 Å². The molecule has 2 aliphatic carbocycles. The summed E-state index contributed by atoms with van der Waals surface area (Å²) >= 11 is 5.95. The van der Waals surface area contributed by atoms with E-state index in [4.69, 9.17) is 18.2 Å². The lowest BCUT2D eigenvalue weighted by Crippen LogP contribution is -1.88. The third-order valence-electron chi connectivity index (χ3n) is 3.38. The summed E-state index contributed by atoms with van der Waals surface area (Å²) in [6, 6.07) is 8.24. The minimum Gasteiger partial charge on any atom is -0.313 e. The Hall–Kier alpha value is -1.26. The normalized spacial score (nSPS) is 31.7. The van der Waals surface area contributed by atoms with Gasteiger partial charge < -0.3 is 4.85 Å². The Labute approximate surface area is 94.2 Å². The fraction of sp³-hybridized carbons (Fsp3) is 0.308. The van der Waals surface area contributed by atoms with Crippen LogP contribution in [0.4, 0.5) is 0 Å². The van der Waals surface area contributed by atoms with Gasteiger partial charge in [0.2, 0.25) is 6.04 Å². The molecule has 3 rings (SSSR count). The van der Waals surface area contributed by atoms with Crippen LogP contribution in [0, 0.1) is 18.4 Å². The summed E-state index contributed by atoms with van der Waals surface area (Å²) in [5.74, 6) is 1.12. The molecule has 0 N–H and O–H groups in total. The largest absolute Gasteiger partial charge is 0.313 e. The second-order valence-corrected chi connectivity index (χ2v) is 4.70. The molecule has 0 amide bonds. The summed E-state index contributed by atoms with van der Waals surface area (Å²) in [5, 5.41) is 0.788. The molecule has 2 heteroatoms. The highest BCUT2D eigenvalue weighted by molar-refractivity contribution is 6.30. The van der Waals surface area contributed by atoms with E-state index in [-0.39, 0.29) is 6.04 Å². The molecule has 74 valence electrons. The molecule has 1 aromatic carbocycles. The van der Waals surface area contributed by atoms with Gasteiger partial charge in [0.1, 0.15) is 0 Å². The number of nitrogens with zero attached hydrogens (tertiary/aromatic N) is 1. The Morgan fingerprint density at radius 2 is 2.27 bits per heavy atom. The molecule has 0 saturated heterocycles. The maximum Gasteiger partial charge on any atom is 0.234 e. The molecule has 1 aromatic rings. The van der Waals surface area contributed by atoms with Crippen LogP contribution in [0.1, 0.15) is 12.0 Å². The maximum atomic E-state index is 7.00. The highest BCUT2D eigenvalue weighted by Gasteiger charge is 2.59. The topological polar surface area (TPSA) is 4.36 Å². The molecule has 1 saturated carbocycles. The number of hydrogen-bond acceptors (Lipinski definition) is 0. The van der Waals surface area contributed by atoms with Gasteiger partial charge >= 0.3 is 0 Å². The first-order valence-corrected chi connectivity index (χ1v) is 5.50. The molecule has 0 bridgehead atoms. The number of allylic oxidation sites excluding steroid dienone is 1. The van der Waals surface area contributed by atoms with E-state index in [1.165, 1.54) is 11.1 Å². The van der Waals surface area contributed by atoms with Gasteiger partial charge in [-0.05, 0) is 29.7 Å². The van der Waals surface area contributed by atoms with Crippen LogP contribution in [0.5, 0.6) is 0 Å². The lowest BCUT2D eigenvalue weighted by molar-refractivity contribution is 0.854. The zero-order valence-electron chi connectivity index (χ0n) is 8.15. The number of halogens is 1. The standard InChI is InChI=1S/C13H10ClN/c1-15-13-11-6-9(7-12(11)13)8-3-2-4-10(14)5-8/h2-6,11-13H,7H2/t11-,12+,13+/m0/s1. The van der Waals surface area contributed by atoms with Crippen molar-refractivity contribution in [3.05, 3.63) is 52.3 Å². The van der Waals surface area contributed by atoms with Crippen LogP contribution in [0.15, 0.2) is 30.3 Å². The van der Waals surface area contributed by atoms with Crippen molar-refractivity contribution in [3.63, 3.8) is 0 Å². The predicted octanol–water partition coefficient (Wildman–Crippen LogP) is 3.66. The number of fused-ring (bicyclic) bond motifs is 1. The summed E-state index contributed by atoms with van der Waals surface area (Å²) < 4.78 is 0. The van der Waals surface area contributed by atoms with Crippen molar-refractivity contribution < 1.29 is 0 Å². The summed E-state index contributed by atoms with van der Waals surface area (Å²) in [7, 11) is 0. The van der Waals surface area contributed by atoms with Crippen LogP contribution < -0.4 is 0 Å². The van der Waals surface area contributed by atoms with E-state index < -0.39 is 0 Å². The Morgan fingerprint density at radius 3 is 2.87 bits per heavy atom.